The summed E-state index contributed by atoms with van der Waals surface area (Å²) >= 11 is 7.04. The van der Waals surface area contributed by atoms with E-state index in [1.54, 1.807) is 50.6 Å². The number of esters is 1. The van der Waals surface area contributed by atoms with Gasteiger partial charge in [0.25, 0.3) is 5.91 Å². The van der Waals surface area contributed by atoms with Crippen LogP contribution in [0.15, 0.2) is 57.9 Å². The molecule has 3 fully saturated rings. The Morgan fingerprint density at radius 2 is 1.96 bits per heavy atom. The number of carbonyl (C=O) groups excluding carboxylic acids is 2. The number of furan rings is 1. The summed E-state index contributed by atoms with van der Waals surface area (Å²) in [5.41, 5.74) is 8.52. The van der Waals surface area contributed by atoms with Crippen LogP contribution >= 0.6 is 24.0 Å². The number of rotatable bonds is 12. The highest BCUT2D eigenvalue weighted by Crippen LogP contribution is 2.49. The molecule has 0 spiro atoms. The van der Waals surface area contributed by atoms with E-state index < -0.39 is 12.0 Å². The highest BCUT2D eigenvalue weighted by atomic mass is 32.2. The van der Waals surface area contributed by atoms with Crippen LogP contribution in [0.5, 0.6) is 17.2 Å². The maximum atomic E-state index is 13.7. The Kier molecular flexibility index (Phi) is 9.72. The molecule has 3 N–H and O–H groups in total. The van der Waals surface area contributed by atoms with Gasteiger partial charge in [0.2, 0.25) is 0 Å². The number of phenolic OH excluding ortho intramolecular Hbond substituents is 1. The van der Waals surface area contributed by atoms with Crippen molar-refractivity contribution in [1.29, 1.82) is 0 Å². The molecular formula is C35H38N2O7S2. The van der Waals surface area contributed by atoms with Crippen molar-refractivity contribution in [3.63, 3.8) is 0 Å². The van der Waals surface area contributed by atoms with E-state index in [2.05, 4.69) is 0 Å². The van der Waals surface area contributed by atoms with Crippen molar-refractivity contribution in [3.05, 3.63) is 70.3 Å². The van der Waals surface area contributed by atoms with Crippen LogP contribution in [0.3, 0.4) is 0 Å². The van der Waals surface area contributed by atoms with Crippen molar-refractivity contribution in [2.24, 2.45) is 17.6 Å². The molecule has 46 heavy (non-hydrogen) atoms. The molecule has 3 aromatic rings. The summed E-state index contributed by atoms with van der Waals surface area (Å²) in [4.78, 5) is 28.6. The summed E-state index contributed by atoms with van der Waals surface area (Å²) in [6.07, 6.45) is 7.76. The van der Waals surface area contributed by atoms with Gasteiger partial charge in [-0.1, -0.05) is 42.5 Å². The SMILES string of the molecule is COc1ccc(-c2cc(CCCOC(=O)C(N)Cc3ccc(O)cc3)c(/C=C3\SC(=S)N([C@H]4C[C@H]5CC[C@H]4C5)C3=O)o2)c(OC)c1. The Hall–Kier alpha value is -3.80. The number of aromatic hydroxyl groups is 1. The first-order chi connectivity index (χ1) is 22.2. The number of thiocarbonyl (C=S) groups is 1. The zero-order valence-electron chi connectivity index (χ0n) is 25.9. The van der Waals surface area contributed by atoms with Crippen LogP contribution in [0.25, 0.3) is 17.4 Å². The van der Waals surface area contributed by atoms with Crippen molar-refractivity contribution in [3.8, 4) is 28.6 Å². The van der Waals surface area contributed by atoms with Crippen LogP contribution in [0.4, 0.5) is 0 Å². The first kappa shape index (κ1) is 32.2. The quantitative estimate of drug-likeness (QED) is 0.102. The lowest BCUT2D eigenvalue weighted by Crippen LogP contribution is -2.41. The lowest BCUT2D eigenvalue weighted by atomic mass is 9.94. The van der Waals surface area contributed by atoms with Gasteiger partial charge in [-0.2, -0.15) is 0 Å². The van der Waals surface area contributed by atoms with Crippen LogP contribution in [0.1, 0.15) is 49.0 Å². The van der Waals surface area contributed by atoms with E-state index in [-0.39, 0.29) is 24.3 Å². The van der Waals surface area contributed by atoms with Crippen molar-refractivity contribution >= 4 is 46.3 Å². The molecular weight excluding hydrogens is 625 g/mol. The maximum absolute atomic E-state index is 13.7. The van der Waals surface area contributed by atoms with Crippen molar-refractivity contribution in [2.75, 3.05) is 20.8 Å². The average Bonchev–Trinajstić information content (AvgIpc) is 3.84. The fraction of sp³-hybridized carbons (Fsp3) is 0.400. The van der Waals surface area contributed by atoms with Gasteiger partial charge in [-0.25, -0.2) is 0 Å². The second-order valence-electron chi connectivity index (χ2n) is 12.1. The van der Waals surface area contributed by atoms with E-state index >= 15 is 0 Å². The smallest absolute Gasteiger partial charge is 0.323 e. The molecule has 1 aromatic heterocycles. The Balaban J connectivity index is 1.18. The molecule has 1 saturated heterocycles. The van der Waals surface area contributed by atoms with Gasteiger partial charge in [-0.3, -0.25) is 14.5 Å². The first-order valence-corrected chi connectivity index (χ1v) is 16.8. The average molecular weight is 663 g/mol. The molecule has 2 bridgehead atoms. The molecule has 2 aliphatic carbocycles. The topological polar surface area (TPSA) is 124 Å². The van der Waals surface area contributed by atoms with Gasteiger partial charge >= 0.3 is 5.97 Å². The lowest BCUT2D eigenvalue weighted by Gasteiger charge is -2.30. The molecule has 9 nitrogen and oxygen atoms in total. The van der Waals surface area contributed by atoms with Crippen LogP contribution in [-0.2, 0) is 27.2 Å². The number of benzene rings is 2. The molecule has 1 amide bonds. The molecule has 1 unspecified atom stereocenters. The molecule has 2 heterocycles. The molecule has 1 aliphatic heterocycles. The number of aryl methyl sites for hydroxylation is 1. The number of nitrogens with zero attached hydrogens (tertiary/aromatic N) is 1. The largest absolute Gasteiger partial charge is 0.508 e. The van der Waals surface area contributed by atoms with Gasteiger partial charge in [0.15, 0.2) is 0 Å². The lowest BCUT2D eigenvalue weighted by molar-refractivity contribution is -0.145. The zero-order valence-corrected chi connectivity index (χ0v) is 27.5. The Morgan fingerprint density at radius 1 is 1.15 bits per heavy atom. The van der Waals surface area contributed by atoms with Crippen LogP contribution in [-0.4, -0.2) is 59.1 Å². The molecule has 2 aromatic carbocycles. The fourth-order valence-electron chi connectivity index (χ4n) is 6.82. The highest BCUT2D eigenvalue weighted by molar-refractivity contribution is 8.26. The number of carbonyl (C=O) groups is 2. The van der Waals surface area contributed by atoms with Crippen molar-refractivity contribution in [1.82, 2.24) is 4.90 Å². The number of amides is 1. The molecule has 3 aliphatic rings. The number of ether oxygens (including phenoxy) is 3. The fourth-order valence-corrected chi connectivity index (χ4v) is 8.16. The van der Waals surface area contributed by atoms with Gasteiger partial charge in [0.05, 0.1) is 31.3 Å². The van der Waals surface area contributed by atoms with Gasteiger partial charge in [-0.05, 0) is 91.8 Å². The molecule has 11 heteroatoms. The predicted molar refractivity (Wildman–Crippen MR) is 181 cm³/mol. The van der Waals surface area contributed by atoms with E-state index in [0.717, 1.165) is 29.5 Å². The molecule has 6 rings (SSSR count). The van der Waals surface area contributed by atoms with E-state index in [0.29, 0.717) is 63.3 Å². The minimum Gasteiger partial charge on any atom is -0.508 e. The third-order valence-corrected chi connectivity index (χ3v) is 10.5. The number of hydrogen-bond donors (Lipinski definition) is 2. The summed E-state index contributed by atoms with van der Waals surface area (Å²) in [5.74, 6) is 3.19. The minimum atomic E-state index is -0.819. The third-order valence-electron chi connectivity index (χ3n) is 9.16. The standard InChI is InChI=1S/C35H38N2O7S2/c1-41-25-11-12-26(30(18-25)42-2)31-17-23(4-3-13-43-34(40)27(36)15-20-6-9-24(38)10-7-20)29(44-31)19-32-33(39)37(35(45)46-32)28-16-21-5-8-22(28)14-21/h6-7,9-12,17-19,21-22,27-28,38H,3-5,8,13-16,36H2,1-2H3/b32-19-/t21-,22-,27?,28-/m0/s1. The molecule has 2 saturated carbocycles. The van der Waals surface area contributed by atoms with Crippen molar-refractivity contribution in [2.45, 2.75) is 57.0 Å². The predicted octanol–water partition coefficient (Wildman–Crippen LogP) is 6.11. The second-order valence-corrected chi connectivity index (χ2v) is 13.8. The molecule has 0 radical (unpaired) electrons. The number of hydrogen-bond acceptors (Lipinski definition) is 10. The van der Waals surface area contributed by atoms with Crippen molar-refractivity contribution < 1.29 is 33.3 Å². The number of methoxy groups -OCH3 is 2. The summed E-state index contributed by atoms with van der Waals surface area (Å²) in [6, 6.07) is 13.4. The number of fused-ring (bicyclic) bond motifs is 2. The normalized spacial score (nSPS) is 22.1. The minimum absolute atomic E-state index is 0.0602. The van der Waals surface area contributed by atoms with Gasteiger partial charge in [0.1, 0.15) is 39.1 Å². The van der Waals surface area contributed by atoms with Crippen LogP contribution in [0.2, 0.25) is 0 Å². The molecule has 4 atom stereocenters. The Labute approximate surface area is 278 Å². The van der Waals surface area contributed by atoms with E-state index in [1.165, 1.54) is 24.6 Å². The van der Waals surface area contributed by atoms with Crippen LogP contribution < -0.4 is 15.2 Å². The summed E-state index contributed by atoms with van der Waals surface area (Å²) in [5, 5.41) is 9.48. The van der Waals surface area contributed by atoms with E-state index in [1.807, 2.05) is 23.1 Å². The zero-order chi connectivity index (χ0) is 32.4. The number of thioether (sulfide) groups is 1. The third kappa shape index (κ3) is 6.82. The Morgan fingerprint density at radius 3 is 2.65 bits per heavy atom. The summed E-state index contributed by atoms with van der Waals surface area (Å²) in [7, 11) is 3.18. The second kappa shape index (κ2) is 13.9. The number of phenols is 1. The van der Waals surface area contributed by atoms with Gasteiger partial charge in [0, 0.05) is 18.2 Å². The van der Waals surface area contributed by atoms with Crippen LogP contribution in [0, 0.1) is 11.8 Å². The monoisotopic (exact) mass is 662 g/mol. The summed E-state index contributed by atoms with van der Waals surface area (Å²) in [6.45, 7) is 0.167. The van der Waals surface area contributed by atoms with E-state index in [9.17, 15) is 14.7 Å². The van der Waals surface area contributed by atoms with E-state index in [4.69, 9.17) is 36.6 Å². The highest BCUT2D eigenvalue weighted by Gasteiger charge is 2.48. The first-order valence-electron chi connectivity index (χ1n) is 15.6. The molecule has 242 valence electrons. The maximum Gasteiger partial charge on any atom is 0.323 e. The van der Waals surface area contributed by atoms with Gasteiger partial charge in [-0.15, -0.1) is 0 Å². The summed E-state index contributed by atoms with van der Waals surface area (Å²) < 4.78 is 23.5. The Bertz CT molecular complexity index is 1650. The van der Waals surface area contributed by atoms with Gasteiger partial charge < -0.3 is 29.5 Å². The number of nitrogens with two attached hydrogens (primary N) is 1.